The van der Waals surface area contributed by atoms with Crippen molar-refractivity contribution in [3.63, 3.8) is 0 Å². The van der Waals surface area contributed by atoms with Gasteiger partial charge in [0.1, 0.15) is 0 Å². The standard InChI is InChI=1S/C16H33O2Si/c1-2-3-4-5-6-7-8-9-10-11-12-13-14-17-15-16-18-19/h2-16H2,1H3. The smallest absolute Gasteiger partial charge is 0.246 e. The molecule has 0 aromatic heterocycles. The van der Waals surface area contributed by atoms with E-state index in [1.165, 1.54) is 77.0 Å². The average molecular weight is 286 g/mol. The zero-order valence-electron chi connectivity index (χ0n) is 12.9. The third kappa shape index (κ3) is 18.1. The fourth-order valence-electron chi connectivity index (χ4n) is 2.25. The Morgan fingerprint density at radius 3 is 1.53 bits per heavy atom. The molecule has 0 amide bonds. The van der Waals surface area contributed by atoms with Crippen LogP contribution in [0.5, 0.6) is 0 Å². The van der Waals surface area contributed by atoms with E-state index in [-0.39, 0.29) is 0 Å². The molecule has 3 heteroatoms. The lowest BCUT2D eigenvalue weighted by Crippen LogP contribution is -2.03. The summed E-state index contributed by atoms with van der Waals surface area (Å²) in [4.78, 5) is 0. The number of hydrogen-bond acceptors (Lipinski definition) is 2. The van der Waals surface area contributed by atoms with Gasteiger partial charge in [0.2, 0.25) is 10.5 Å². The Hall–Kier alpha value is 0.137. The third-order valence-corrected chi connectivity index (χ3v) is 3.68. The van der Waals surface area contributed by atoms with E-state index >= 15 is 0 Å². The van der Waals surface area contributed by atoms with Crippen molar-refractivity contribution in [3.8, 4) is 0 Å². The lowest BCUT2D eigenvalue weighted by Gasteiger charge is -2.04. The second-order valence-electron chi connectivity index (χ2n) is 5.35. The van der Waals surface area contributed by atoms with Gasteiger partial charge in [0.05, 0.1) is 13.2 Å². The van der Waals surface area contributed by atoms with Crippen molar-refractivity contribution in [2.24, 2.45) is 0 Å². The van der Waals surface area contributed by atoms with Crippen molar-refractivity contribution in [1.82, 2.24) is 0 Å². The largest absolute Gasteiger partial charge is 0.416 e. The van der Waals surface area contributed by atoms with Crippen LogP contribution in [0.1, 0.15) is 84.0 Å². The summed E-state index contributed by atoms with van der Waals surface area (Å²) in [6.07, 6.45) is 16.7. The molecule has 3 radical (unpaired) electrons. The Morgan fingerprint density at radius 2 is 1.05 bits per heavy atom. The van der Waals surface area contributed by atoms with Crippen molar-refractivity contribution in [3.05, 3.63) is 0 Å². The van der Waals surface area contributed by atoms with E-state index in [2.05, 4.69) is 17.4 Å². The molecule has 0 aromatic carbocycles. The molecule has 0 aliphatic rings. The van der Waals surface area contributed by atoms with Crippen molar-refractivity contribution in [2.75, 3.05) is 19.8 Å². The molecule has 2 nitrogen and oxygen atoms in total. The molecule has 0 aromatic rings. The molecule has 0 saturated heterocycles. The Bertz CT molecular complexity index is 138. The van der Waals surface area contributed by atoms with Gasteiger partial charge >= 0.3 is 0 Å². The first kappa shape index (κ1) is 19.1. The van der Waals surface area contributed by atoms with Crippen LogP contribution in [0.2, 0.25) is 0 Å². The maximum absolute atomic E-state index is 5.41. The van der Waals surface area contributed by atoms with E-state index in [1.807, 2.05) is 0 Å². The number of ether oxygens (including phenoxy) is 1. The van der Waals surface area contributed by atoms with Gasteiger partial charge in [-0.2, -0.15) is 0 Å². The van der Waals surface area contributed by atoms with Crippen LogP contribution in [0.4, 0.5) is 0 Å². The first-order chi connectivity index (χ1) is 9.41. The van der Waals surface area contributed by atoms with Gasteiger partial charge in [-0.15, -0.1) is 0 Å². The first-order valence-corrected chi connectivity index (χ1v) is 8.69. The highest BCUT2D eigenvalue weighted by molar-refractivity contribution is 5.97. The second kappa shape index (κ2) is 18.1. The van der Waals surface area contributed by atoms with E-state index in [0.717, 1.165) is 6.61 Å². The maximum atomic E-state index is 5.41. The van der Waals surface area contributed by atoms with Gasteiger partial charge in [-0.25, -0.2) is 0 Å². The average Bonchev–Trinajstić information content (AvgIpc) is 2.43. The predicted molar refractivity (Wildman–Crippen MR) is 83.6 cm³/mol. The second-order valence-corrected chi connectivity index (χ2v) is 5.64. The minimum atomic E-state index is 0.634. The van der Waals surface area contributed by atoms with Crippen LogP contribution in [0, 0.1) is 0 Å². The molecule has 19 heavy (non-hydrogen) atoms. The molecule has 0 saturated carbocycles. The van der Waals surface area contributed by atoms with Crippen LogP contribution in [0.15, 0.2) is 0 Å². The Labute approximate surface area is 124 Å². The third-order valence-electron chi connectivity index (χ3n) is 3.47. The number of unbranched alkanes of at least 4 members (excludes halogenated alkanes) is 11. The normalized spacial score (nSPS) is 11.1. The van der Waals surface area contributed by atoms with E-state index < -0.39 is 0 Å². The first-order valence-electron chi connectivity index (χ1n) is 8.28. The summed E-state index contributed by atoms with van der Waals surface area (Å²) >= 11 is 0. The quantitative estimate of drug-likeness (QED) is 0.299. The van der Waals surface area contributed by atoms with Gasteiger partial charge in [0, 0.05) is 6.61 Å². The summed E-state index contributed by atoms with van der Waals surface area (Å²) in [5, 5.41) is 0. The summed E-state index contributed by atoms with van der Waals surface area (Å²) in [6.45, 7) is 4.49. The van der Waals surface area contributed by atoms with Crippen LogP contribution in [0.25, 0.3) is 0 Å². The highest BCUT2D eigenvalue weighted by atomic mass is 28.2. The van der Waals surface area contributed by atoms with E-state index in [9.17, 15) is 0 Å². The summed E-state index contributed by atoms with van der Waals surface area (Å²) < 4.78 is 10.1. The van der Waals surface area contributed by atoms with Gasteiger partial charge < -0.3 is 9.16 Å². The zero-order valence-corrected chi connectivity index (χ0v) is 13.9. The SMILES string of the molecule is CCCCCCCCCCCCCCOCCO[Si]. The fourth-order valence-corrected chi connectivity index (χ4v) is 2.33. The number of hydrogen-bond donors (Lipinski definition) is 0. The van der Waals surface area contributed by atoms with Crippen LogP contribution >= 0.6 is 0 Å². The molecule has 0 N–H and O–H groups in total. The van der Waals surface area contributed by atoms with Crippen LogP contribution in [-0.4, -0.2) is 30.3 Å². The molecule has 0 atom stereocenters. The monoisotopic (exact) mass is 285 g/mol. The highest BCUT2D eigenvalue weighted by Gasteiger charge is 1.93. The van der Waals surface area contributed by atoms with Gasteiger partial charge in [-0.3, -0.25) is 0 Å². The summed E-state index contributed by atoms with van der Waals surface area (Å²) in [5.41, 5.74) is 0. The molecule has 0 fully saturated rings. The number of rotatable bonds is 16. The minimum absolute atomic E-state index is 0.634. The lowest BCUT2D eigenvalue weighted by atomic mass is 10.1. The fraction of sp³-hybridized carbons (Fsp3) is 1.00. The Balaban J connectivity index is 2.88. The summed E-state index contributed by atoms with van der Waals surface area (Å²) in [7, 11) is 2.95. The maximum Gasteiger partial charge on any atom is 0.246 e. The van der Waals surface area contributed by atoms with Crippen molar-refractivity contribution < 1.29 is 9.16 Å². The molecule has 0 heterocycles. The molecule has 0 aliphatic carbocycles. The topological polar surface area (TPSA) is 18.5 Å². The molecular weight excluding hydrogens is 252 g/mol. The lowest BCUT2D eigenvalue weighted by molar-refractivity contribution is 0.100. The zero-order chi connectivity index (χ0) is 14.0. The van der Waals surface area contributed by atoms with Crippen LogP contribution in [-0.2, 0) is 9.16 Å². The predicted octanol–water partition coefficient (Wildman–Crippen LogP) is 4.80. The van der Waals surface area contributed by atoms with Gasteiger partial charge in [-0.1, -0.05) is 77.6 Å². The summed E-state index contributed by atoms with van der Waals surface area (Å²) in [5.74, 6) is 0. The van der Waals surface area contributed by atoms with Crippen molar-refractivity contribution in [1.29, 1.82) is 0 Å². The van der Waals surface area contributed by atoms with E-state index in [1.54, 1.807) is 0 Å². The van der Waals surface area contributed by atoms with E-state index in [4.69, 9.17) is 9.16 Å². The molecule has 0 aliphatic heterocycles. The van der Waals surface area contributed by atoms with Gasteiger partial charge in [0.25, 0.3) is 0 Å². The highest BCUT2D eigenvalue weighted by Crippen LogP contribution is 2.11. The molecule has 0 rings (SSSR count). The summed E-state index contributed by atoms with van der Waals surface area (Å²) in [6, 6.07) is 0. The van der Waals surface area contributed by atoms with Gasteiger partial charge in [0.15, 0.2) is 0 Å². The molecule has 0 bridgehead atoms. The molecule has 0 unspecified atom stereocenters. The van der Waals surface area contributed by atoms with Crippen molar-refractivity contribution in [2.45, 2.75) is 84.0 Å². The molecule has 0 spiro atoms. The molecular formula is C16H33O2Si. The van der Waals surface area contributed by atoms with Crippen LogP contribution < -0.4 is 0 Å². The van der Waals surface area contributed by atoms with Gasteiger partial charge in [-0.05, 0) is 6.42 Å². The Morgan fingerprint density at radius 1 is 0.579 bits per heavy atom. The molecule has 113 valence electrons. The Kier molecular flexibility index (Phi) is 18.3. The van der Waals surface area contributed by atoms with E-state index in [0.29, 0.717) is 13.2 Å². The minimum Gasteiger partial charge on any atom is -0.416 e. The van der Waals surface area contributed by atoms with Crippen LogP contribution in [0.3, 0.4) is 0 Å². The van der Waals surface area contributed by atoms with Crippen molar-refractivity contribution >= 4 is 10.5 Å².